The van der Waals surface area contributed by atoms with Crippen LogP contribution in [0.4, 0.5) is 5.82 Å². The Morgan fingerprint density at radius 2 is 1.43 bits per heavy atom. The number of allylic oxidation sites excluding steroid dienone is 1. The fourth-order valence-electron chi connectivity index (χ4n) is 4.76. The summed E-state index contributed by atoms with van der Waals surface area (Å²) in [7, 11) is 1.34. The molecule has 0 atom stereocenters. The van der Waals surface area contributed by atoms with Gasteiger partial charge < -0.3 is 14.5 Å². The molecule has 0 unspecified atom stereocenters. The number of esters is 1. The SMILES string of the molecule is COC(=O)COc1ccc(C2=CC(c3ccccc3)=NC2=Nc2[nH]c(-c3ccccc3)cc2-c2ccc(C)cc2)cc1. The van der Waals surface area contributed by atoms with Gasteiger partial charge in [0.25, 0.3) is 0 Å². The van der Waals surface area contributed by atoms with E-state index < -0.39 is 5.97 Å². The highest BCUT2D eigenvalue weighted by Crippen LogP contribution is 2.37. The first kappa shape index (κ1) is 26.7. The maximum atomic E-state index is 11.5. The molecule has 1 aromatic heterocycles. The molecular weight excluding hydrogens is 522 g/mol. The molecule has 1 aliphatic rings. The van der Waals surface area contributed by atoms with E-state index in [0.29, 0.717) is 11.6 Å². The number of amidine groups is 1. The van der Waals surface area contributed by atoms with Gasteiger partial charge in [-0.1, -0.05) is 103 Å². The molecule has 0 saturated heterocycles. The first-order valence-corrected chi connectivity index (χ1v) is 13.7. The van der Waals surface area contributed by atoms with Crippen molar-refractivity contribution in [2.45, 2.75) is 6.92 Å². The predicted molar refractivity (Wildman–Crippen MR) is 168 cm³/mol. The maximum Gasteiger partial charge on any atom is 0.343 e. The molecule has 0 fully saturated rings. The first-order chi connectivity index (χ1) is 20.6. The molecular formula is C36H29N3O3. The van der Waals surface area contributed by atoms with Crippen LogP contribution in [0.25, 0.3) is 28.0 Å². The monoisotopic (exact) mass is 551 g/mol. The largest absolute Gasteiger partial charge is 0.482 e. The third kappa shape index (κ3) is 5.83. The molecule has 5 aromatic rings. The third-order valence-electron chi connectivity index (χ3n) is 7.03. The van der Waals surface area contributed by atoms with Crippen molar-refractivity contribution in [2.24, 2.45) is 9.98 Å². The van der Waals surface area contributed by atoms with E-state index in [9.17, 15) is 4.79 Å². The average Bonchev–Trinajstić information content (AvgIpc) is 3.66. The Balaban J connectivity index is 1.43. The highest BCUT2D eigenvalue weighted by Gasteiger charge is 2.21. The number of methoxy groups -OCH3 is 1. The number of aliphatic imine (C=N–C) groups is 2. The van der Waals surface area contributed by atoms with Gasteiger partial charge in [-0.2, -0.15) is 0 Å². The number of hydrogen-bond acceptors (Lipinski definition) is 4. The van der Waals surface area contributed by atoms with Crippen LogP contribution in [0.1, 0.15) is 16.7 Å². The fourth-order valence-corrected chi connectivity index (χ4v) is 4.76. The number of carbonyl (C=O) groups is 1. The number of nitrogens with zero attached hydrogens (tertiary/aromatic N) is 2. The van der Waals surface area contributed by atoms with Gasteiger partial charge in [0.15, 0.2) is 12.4 Å². The smallest absolute Gasteiger partial charge is 0.343 e. The van der Waals surface area contributed by atoms with Gasteiger partial charge in [-0.3, -0.25) is 0 Å². The van der Waals surface area contributed by atoms with Crippen molar-refractivity contribution in [2.75, 3.05) is 13.7 Å². The van der Waals surface area contributed by atoms with Crippen molar-refractivity contribution in [3.8, 4) is 28.1 Å². The van der Waals surface area contributed by atoms with E-state index >= 15 is 0 Å². The van der Waals surface area contributed by atoms with Gasteiger partial charge in [0, 0.05) is 22.4 Å². The Hall–Kier alpha value is -5.49. The number of aryl methyl sites for hydroxylation is 1. The summed E-state index contributed by atoms with van der Waals surface area (Å²) < 4.78 is 10.2. The number of nitrogens with one attached hydrogen (secondary N) is 1. The second kappa shape index (κ2) is 11.9. The molecule has 42 heavy (non-hydrogen) atoms. The molecule has 2 heterocycles. The van der Waals surface area contributed by atoms with E-state index in [-0.39, 0.29) is 6.61 Å². The summed E-state index contributed by atoms with van der Waals surface area (Å²) in [5, 5.41) is 0. The zero-order valence-corrected chi connectivity index (χ0v) is 23.4. The van der Waals surface area contributed by atoms with Crippen LogP contribution in [0.5, 0.6) is 5.75 Å². The normalized spacial score (nSPS) is 13.5. The summed E-state index contributed by atoms with van der Waals surface area (Å²) in [6, 6.07) is 38.5. The van der Waals surface area contributed by atoms with E-state index in [1.807, 2.05) is 72.8 Å². The molecule has 0 radical (unpaired) electrons. The summed E-state index contributed by atoms with van der Waals surface area (Å²) in [6.07, 6.45) is 2.06. The highest BCUT2D eigenvalue weighted by atomic mass is 16.6. The van der Waals surface area contributed by atoms with E-state index in [1.165, 1.54) is 12.7 Å². The van der Waals surface area contributed by atoms with Gasteiger partial charge in [0.1, 0.15) is 11.6 Å². The Kier molecular flexibility index (Phi) is 7.60. The van der Waals surface area contributed by atoms with Crippen molar-refractivity contribution in [3.05, 3.63) is 138 Å². The number of ether oxygens (including phenoxy) is 2. The zero-order chi connectivity index (χ0) is 28.9. The van der Waals surface area contributed by atoms with Crippen LogP contribution in [-0.2, 0) is 9.53 Å². The number of H-pyrrole nitrogens is 1. The molecule has 6 heteroatoms. The molecule has 1 aliphatic heterocycles. The molecule has 0 aliphatic carbocycles. The van der Waals surface area contributed by atoms with E-state index in [4.69, 9.17) is 14.7 Å². The Labute approximate surface area is 244 Å². The van der Waals surface area contributed by atoms with Gasteiger partial charge >= 0.3 is 5.97 Å². The van der Waals surface area contributed by atoms with E-state index in [2.05, 4.69) is 65.2 Å². The Morgan fingerprint density at radius 1 is 0.786 bits per heavy atom. The molecule has 6 rings (SSSR count). The molecule has 6 nitrogen and oxygen atoms in total. The Bertz CT molecular complexity index is 1800. The minimum atomic E-state index is -0.432. The Morgan fingerprint density at radius 3 is 2.10 bits per heavy atom. The molecule has 0 saturated carbocycles. The molecule has 1 N–H and O–H groups in total. The predicted octanol–water partition coefficient (Wildman–Crippen LogP) is 7.83. The van der Waals surface area contributed by atoms with Gasteiger partial charge in [-0.05, 0) is 47.9 Å². The molecule has 0 bridgehead atoms. The summed E-state index contributed by atoms with van der Waals surface area (Å²) >= 11 is 0. The number of aromatic amines is 1. The van der Waals surface area contributed by atoms with Crippen molar-refractivity contribution in [1.29, 1.82) is 0 Å². The lowest BCUT2D eigenvalue weighted by Crippen LogP contribution is -2.12. The van der Waals surface area contributed by atoms with E-state index in [0.717, 1.165) is 50.6 Å². The average molecular weight is 552 g/mol. The molecule has 0 spiro atoms. The highest BCUT2D eigenvalue weighted by molar-refractivity contribution is 6.38. The lowest BCUT2D eigenvalue weighted by Gasteiger charge is -2.08. The maximum absolute atomic E-state index is 11.5. The number of carbonyl (C=O) groups excluding carboxylic acids is 1. The van der Waals surface area contributed by atoms with Crippen LogP contribution in [-0.4, -0.2) is 36.2 Å². The van der Waals surface area contributed by atoms with Gasteiger partial charge in [0.05, 0.1) is 12.8 Å². The number of aromatic nitrogens is 1. The minimum absolute atomic E-state index is 0.148. The first-order valence-electron chi connectivity index (χ1n) is 13.7. The van der Waals surface area contributed by atoms with Crippen LogP contribution < -0.4 is 4.74 Å². The minimum Gasteiger partial charge on any atom is -0.482 e. The van der Waals surface area contributed by atoms with Crippen molar-refractivity contribution in [1.82, 2.24) is 4.98 Å². The quantitative estimate of drug-likeness (QED) is 0.200. The molecule has 4 aromatic carbocycles. The van der Waals surface area contributed by atoms with Crippen molar-refractivity contribution in [3.63, 3.8) is 0 Å². The van der Waals surface area contributed by atoms with Crippen LogP contribution in [0.15, 0.2) is 131 Å². The summed E-state index contributed by atoms with van der Waals surface area (Å²) in [6.45, 7) is 1.93. The summed E-state index contributed by atoms with van der Waals surface area (Å²) in [5.41, 5.74) is 8.98. The van der Waals surface area contributed by atoms with Crippen LogP contribution in [0.3, 0.4) is 0 Å². The lowest BCUT2D eigenvalue weighted by molar-refractivity contribution is -0.142. The van der Waals surface area contributed by atoms with Gasteiger partial charge in [0.2, 0.25) is 0 Å². The van der Waals surface area contributed by atoms with E-state index in [1.54, 1.807) is 0 Å². The number of benzene rings is 4. The molecule has 206 valence electrons. The number of hydrogen-bond donors (Lipinski definition) is 1. The standard InChI is InChI=1S/C36H29N3O3/c1-24-13-15-25(16-14-24)30-21-32(27-9-5-3-6-10-27)37-35(30)39-36-31(22-33(38-36)28-11-7-4-8-12-28)26-17-19-29(20-18-26)42-23-34(40)41-2/h3-22,37H,23H2,1-2H3. The van der Waals surface area contributed by atoms with Crippen LogP contribution in [0, 0.1) is 6.92 Å². The van der Waals surface area contributed by atoms with Gasteiger partial charge in [-0.25, -0.2) is 14.8 Å². The summed E-state index contributed by atoms with van der Waals surface area (Å²) in [5.74, 6) is 1.48. The lowest BCUT2D eigenvalue weighted by atomic mass is 10.0. The van der Waals surface area contributed by atoms with Crippen molar-refractivity contribution < 1.29 is 14.3 Å². The van der Waals surface area contributed by atoms with Crippen LogP contribution >= 0.6 is 0 Å². The zero-order valence-electron chi connectivity index (χ0n) is 23.4. The second-order valence-electron chi connectivity index (χ2n) is 9.92. The molecule has 0 amide bonds. The second-order valence-corrected chi connectivity index (χ2v) is 9.92. The van der Waals surface area contributed by atoms with Gasteiger partial charge in [-0.15, -0.1) is 0 Å². The van der Waals surface area contributed by atoms with Crippen molar-refractivity contribution >= 4 is 28.9 Å². The topological polar surface area (TPSA) is 76.0 Å². The fraction of sp³-hybridized carbons (Fsp3) is 0.0833. The summed E-state index contributed by atoms with van der Waals surface area (Å²) in [4.78, 5) is 25.2. The number of rotatable bonds is 8. The van der Waals surface area contributed by atoms with Crippen LogP contribution in [0.2, 0.25) is 0 Å². The third-order valence-corrected chi connectivity index (χ3v) is 7.03.